The Hall–Kier alpha value is -2.81. The third kappa shape index (κ3) is 4.92. The van der Waals surface area contributed by atoms with Gasteiger partial charge in [0, 0.05) is 11.6 Å². The highest BCUT2D eigenvalue weighted by Crippen LogP contribution is 2.29. The van der Waals surface area contributed by atoms with Crippen molar-refractivity contribution in [1.29, 1.82) is 0 Å². The van der Waals surface area contributed by atoms with Gasteiger partial charge in [-0.25, -0.2) is 8.78 Å². The summed E-state index contributed by atoms with van der Waals surface area (Å²) in [6.07, 6.45) is 0.132. The Kier molecular flexibility index (Phi) is 7.22. The van der Waals surface area contributed by atoms with E-state index < -0.39 is 47.6 Å². The quantitative estimate of drug-likeness (QED) is 0.418. The van der Waals surface area contributed by atoms with E-state index in [-0.39, 0.29) is 19.1 Å². The van der Waals surface area contributed by atoms with Gasteiger partial charge in [-0.3, -0.25) is 4.79 Å². The van der Waals surface area contributed by atoms with Crippen molar-refractivity contribution in [3.63, 3.8) is 0 Å². The summed E-state index contributed by atoms with van der Waals surface area (Å²) in [7, 11) is 1.37. The van der Waals surface area contributed by atoms with Crippen LogP contribution in [0.25, 0.3) is 0 Å². The maximum Gasteiger partial charge on any atom is 0.323 e. The maximum absolute atomic E-state index is 13.7. The lowest BCUT2D eigenvalue weighted by Crippen LogP contribution is -2.34. The number of hydrogen-bond donors (Lipinski definition) is 1. The average Bonchev–Trinajstić information content (AvgIpc) is 2.66. The van der Waals surface area contributed by atoms with Gasteiger partial charge in [-0.05, 0) is 31.0 Å². The zero-order valence-electron chi connectivity index (χ0n) is 15.2. The minimum Gasteiger partial charge on any atom is -0.496 e. The van der Waals surface area contributed by atoms with Crippen molar-refractivity contribution < 1.29 is 36.6 Å². The Morgan fingerprint density at radius 3 is 2.32 bits per heavy atom. The van der Waals surface area contributed by atoms with Crippen LogP contribution in [0.2, 0.25) is 0 Å². The summed E-state index contributed by atoms with van der Waals surface area (Å²) in [6.45, 7) is 1.40. The van der Waals surface area contributed by atoms with Crippen LogP contribution in [0.1, 0.15) is 18.1 Å². The second-order valence-corrected chi connectivity index (χ2v) is 5.79. The highest BCUT2D eigenvalue weighted by Gasteiger charge is 2.21. The fourth-order valence-corrected chi connectivity index (χ4v) is 2.49. The molecule has 2 aromatic rings. The fraction of sp³-hybridized carbons (Fsp3) is 0.316. The smallest absolute Gasteiger partial charge is 0.323 e. The molecule has 2 rings (SSSR count). The zero-order valence-corrected chi connectivity index (χ0v) is 15.2. The van der Waals surface area contributed by atoms with Gasteiger partial charge < -0.3 is 19.9 Å². The number of carbonyl (C=O) groups excluding carboxylic acids is 1. The summed E-state index contributed by atoms with van der Waals surface area (Å²) in [5, 5.41) is 0. The molecule has 2 N–H and O–H groups in total. The minimum atomic E-state index is -1.64. The van der Waals surface area contributed by atoms with Crippen molar-refractivity contribution in [3.8, 4) is 11.5 Å². The summed E-state index contributed by atoms with van der Waals surface area (Å²) >= 11 is 0. The average molecular weight is 401 g/mol. The molecule has 152 valence electrons. The third-order valence-corrected chi connectivity index (χ3v) is 3.83. The summed E-state index contributed by atoms with van der Waals surface area (Å²) in [5.74, 6) is -7.86. The number of ether oxygens (including phenoxy) is 3. The lowest BCUT2D eigenvalue weighted by Gasteiger charge is -2.15. The van der Waals surface area contributed by atoms with Gasteiger partial charge in [0.05, 0.1) is 13.7 Å². The molecule has 0 aliphatic rings. The van der Waals surface area contributed by atoms with Crippen LogP contribution in [-0.2, 0) is 22.6 Å². The molecule has 0 aliphatic heterocycles. The van der Waals surface area contributed by atoms with E-state index >= 15 is 0 Å². The molecule has 1 unspecified atom stereocenters. The van der Waals surface area contributed by atoms with E-state index in [0.717, 1.165) is 0 Å². The van der Waals surface area contributed by atoms with E-state index in [9.17, 15) is 22.4 Å². The first-order valence-corrected chi connectivity index (χ1v) is 8.32. The molecule has 0 aliphatic carbocycles. The molecule has 5 nitrogen and oxygen atoms in total. The highest BCUT2D eigenvalue weighted by atomic mass is 19.2. The van der Waals surface area contributed by atoms with Crippen molar-refractivity contribution in [2.24, 2.45) is 5.73 Å². The second kappa shape index (κ2) is 9.41. The summed E-state index contributed by atoms with van der Waals surface area (Å²) in [5.41, 5.74) is 6.71. The number of esters is 1. The second-order valence-electron chi connectivity index (χ2n) is 5.79. The van der Waals surface area contributed by atoms with Crippen molar-refractivity contribution in [2.75, 3.05) is 13.7 Å². The molecule has 2 aromatic carbocycles. The largest absolute Gasteiger partial charge is 0.496 e. The number of benzene rings is 2. The standard InChI is InChI=1S/C19H19F4NO4/c1-3-27-19(25)14(24)7-10-4-5-15(26-2)11(6-10)9-28-18-16(22)12(20)8-13(21)17(18)23/h4-6,8,14H,3,7,9,24H2,1-2H3. The molecule has 0 amide bonds. The number of rotatable bonds is 8. The fourth-order valence-electron chi connectivity index (χ4n) is 2.49. The molecule has 0 spiro atoms. The van der Waals surface area contributed by atoms with Crippen LogP contribution in [-0.4, -0.2) is 25.7 Å². The SMILES string of the molecule is CCOC(=O)C(N)Cc1ccc(OC)c(COc2c(F)c(F)cc(F)c2F)c1. The van der Waals surface area contributed by atoms with Crippen LogP contribution in [0.5, 0.6) is 11.5 Å². The van der Waals surface area contributed by atoms with Crippen molar-refractivity contribution >= 4 is 5.97 Å². The Morgan fingerprint density at radius 1 is 1.11 bits per heavy atom. The molecule has 0 bridgehead atoms. The molecule has 0 heterocycles. The molecule has 9 heteroatoms. The van der Waals surface area contributed by atoms with Gasteiger partial charge in [0.15, 0.2) is 17.4 Å². The van der Waals surface area contributed by atoms with Crippen LogP contribution in [0.15, 0.2) is 24.3 Å². The Bertz CT molecular complexity index is 834. The number of halogens is 4. The van der Waals surface area contributed by atoms with E-state index in [0.29, 0.717) is 16.9 Å². The Labute approximate surface area is 159 Å². The molecular weight excluding hydrogens is 382 g/mol. The van der Waals surface area contributed by atoms with E-state index in [1.165, 1.54) is 7.11 Å². The first-order valence-electron chi connectivity index (χ1n) is 8.32. The highest BCUT2D eigenvalue weighted by molar-refractivity contribution is 5.75. The summed E-state index contributed by atoms with van der Waals surface area (Å²) in [6, 6.07) is 3.92. The van der Waals surface area contributed by atoms with E-state index in [1.807, 2.05) is 0 Å². The summed E-state index contributed by atoms with van der Waals surface area (Å²) in [4.78, 5) is 11.7. The van der Waals surface area contributed by atoms with E-state index in [1.54, 1.807) is 25.1 Å². The van der Waals surface area contributed by atoms with Crippen LogP contribution >= 0.6 is 0 Å². The van der Waals surface area contributed by atoms with Gasteiger partial charge in [0.25, 0.3) is 0 Å². The normalized spacial score (nSPS) is 11.8. The molecule has 0 fully saturated rings. The maximum atomic E-state index is 13.7. The van der Waals surface area contributed by atoms with Crippen LogP contribution in [0.3, 0.4) is 0 Å². The monoisotopic (exact) mass is 401 g/mol. The van der Waals surface area contributed by atoms with Gasteiger partial charge in [-0.1, -0.05) is 6.07 Å². The van der Waals surface area contributed by atoms with Gasteiger partial charge in [0.2, 0.25) is 11.6 Å². The number of nitrogens with two attached hydrogens (primary N) is 1. The molecule has 0 saturated heterocycles. The topological polar surface area (TPSA) is 70.8 Å². The van der Waals surface area contributed by atoms with Crippen molar-refractivity contribution in [1.82, 2.24) is 0 Å². The molecule has 1 atom stereocenters. The van der Waals surface area contributed by atoms with Gasteiger partial charge in [-0.15, -0.1) is 0 Å². The van der Waals surface area contributed by atoms with E-state index in [4.69, 9.17) is 19.9 Å². The first kappa shape index (κ1) is 21.5. The Morgan fingerprint density at radius 2 is 1.75 bits per heavy atom. The predicted molar refractivity (Wildman–Crippen MR) is 91.9 cm³/mol. The van der Waals surface area contributed by atoms with E-state index in [2.05, 4.69) is 0 Å². The predicted octanol–water partition coefficient (Wildman–Crippen LogP) is 3.26. The van der Waals surface area contributed by atoms with Gasteiger partial charge in [0.1, 0.15) is 18.4 Å². The zero-order chi connectivity index (χ0) is 20.8. The van der Waals surface area contributed by atoms with Crippen LogP contribution < -0.4 is 15.2 Å². The lowest BCUT2D eigenvalue weighted by molar-refractivity contribution is -0.144. The van der Waals surface area contributed by atoms with Gasteiger partial charge >= 0.3 is 5.97 Å². The van der Waals surface area contributed by atoms with Crippen LogP contribution in [0.4, 0.5) is 17.6 Å². The number of carbonyl (C=O) groups is 1. The first-order chi connectivity index (χ1) is 13.3. The Balaban J connectivity index is 2.22. The van der Waals surface area contributed by atoms with Crippen LogP contribution in [0, 0.1) is 23.3 Å². The third-order valence-electron chi connectivity index (χ3n) is 3.83. The molecule has 28 heavy (non-hydrogen) atoms. The number of hydrogen-bond acceptors (Lipinski definition) is 5. The molecule has 0 radical (unpaired) electrons. The molecule has 0 aromatic heterocycles. The molecule has 0 saturated carbocycles. The minimum absolute atomic E-state index is 0.0928. The molecular formula is C19H19F4NO4. The number of methoxy groups -OCH3 is 1. The summed E-state index contributed by atoms with van der Waals surface area (Å²) < 4.78 is 69.0. The van der Waals surface area contributed by atoms with Gasteiger partial charge in [-0.2, -0.15) is 8.78 Å². The van der Waals surface area contributed by atoms with Crippen molar-refractivity contribution in [3.05, 3.63) is 58.7 Å². The lowest BCUT2D eigenvalue weighted by atomic mass is 10.0. The van der Waals surface area contributed by atoms with Crippen molar-refractivity contribution in [2.45, 2.75) is 26.0 Å².